The van der Waals surface area contributed by atoms with Crippen molar-refractivity contribution >= 4 is 39.0 Å². The predicted octanol–water partition coefficient (Wildman–Crippen LogP) is 2.11. The molecule has 0 atom stereocenters. The molecule has 0 bridgehead atoms. The Morgan fingerprint density at radius 3 is 2.70 bits per heavy atom. The summed E-state index contributed by atoms with van der Waals surface area (Å²) in [6.45, 7) is 0.266. The van der Waals surface area contributed by atoms with Crippen molar-refractivity contribution in [3.8, 4) is 17.2 Å². The number of hydrogen-bond acceptors (Lipinski definition) is 10. The van der Waals surface area contributed by atoms with Gasteiger partial charge in [0.15, 0.2) is 23.0 Å². The number of hydrogen-bond donors (Lipinski definition) is 2. The molecule has 1 aliphatic heterocycles. The van der Waals surface area contributed by atoms with Crippen LogP contribution < -0.4 is 24.2 Å². The first-order valence-corrected chi connectivity index (χ1v) is 13.6. The number of amides is 1. The van der Waals surface area contributed by atoms with E-state index in [4.69, 9.17) is 14.2 Å². The van der Waals surface area contributed by atoms with Crippen LogP contribution in [0.3, 0.4) is 0 Å². The van der Waals surface area contributed by atoms with E-state index in [0.717, 1.165) is 0 Å². The molecule has 0 aliphatic carbocycles. The van der Waals surface area contributed by atoms with E-state index < -0.39 is 10.0 Å². The maximum atomic E-state index is 12.5. The van der Waals surface area contributed by atoms with Crippen LogP contribution >= 0.6 is 11.8 Å². The summed E-state index contributed by atoms with van der Waals surface area (Å²) in [5, 5.41) is 16.1. The molecule has 2 aromatic carbocycles. The number of carbonyl (C=O) groups is 1. The van der Waals surface area contributed by atoms with Crippen molar-refractivity contribution in [1.82, 2.24) is 24.5 Å². The van der Waals surface area contributed by atoms with E-state index in [1.807, 2.05) is 0 Å². The van der Waals surface area contributed by atoms with Gasteiger partial charge in [0.05, 0.1) is 17.8 Å². The lowest BCUT2D eigenvalue weighted by Gasteiger charge is -2.07. The van der Waals surface area contributed by atoms with E-state index in [1.54, 1.807) is 47.0 Å². The first kappa shape index (κ1) is 24.8. The van der Waals surface area contributed by atoms with Crippen LogP contribution in [-0.4, -0.2) is 60.3 Å². The van der Waals surface area contributed by atoms with Gasteiger partial charge in [-0.2, -0.15) is 9.61 Å². The highest BCUT2D eigenvalue weighted by molar-refractivity contribution is 7.99. The van der Waals surface area contributed by atoms with Gasteiger partial charge in [-0.25, -0.2) is 13.1 Å². The molecule has 2 N–H and O–H groups in total. The third-order valence-electron chi connectivity index (χ3n) is 5.32. The molecule has 0 fully saturated rings. The largest absolute Gasteiger partial charge is 0.497 e. The maximum absolute atomic E-state index is 12.5. The molecule has 1 aliphatic rings. The second-order valence-electron chi connectivity index (χ2n) is 7.79. The van der Waals surface area contributed by atoms with Gasteiger partial charge in [0, 0.05) is 24.7 Å². The maximum Gasteiger partial charge on any atom is 0.240 e. The SMILES string of the molecule is COc1ccc(S(=O)(=O)NCCc2nnc3ccc(SCC(=O)Nc4ccc5c(c4)OCO5)nn23)cc1. The van der Waals surface area contributed by atoms with Gasteiger partial charge in [-0.3, -0.25) is 4.79 Å². The summed E-state index contributed by atoms with van der Waals surface area (Å²) in [6.07, 6.45) is 0.266. The number of thioether (sulfide) groups is 1. The standard InChI is InChI=1S/C23H22N6O6S2/c1-33-16-3-5-17(6-4-16)37(31,32)24-11-10-21-27-26-20-8-9-23(28-29(20)21)36-13-22(30)25-15-2-7-18-19(12-15)35-14-34-18/h2-9,12,24H,10-11,13-14H2,1H3,(H,25,30). The van der Waals surface area contributed by atoms with Crippen molar-refractivity contribution in [1.29, 1.82) is 0 Å². The van der Waals surface area contributed by atoms with Gasteiger partial charge in [-0.15, -0.1) is 10.2 Å². The number of carbonyl (C=O) groups excluding carboxylic acids is 1. The summed E-state index contributed by atoms with van der Waals surface area (Å²) in [5.41, 5.74) is 1.12. The molecule has 0 radical (unpaired) electrons. The number of aromatic nitrogens is 4. The minimum atomic E-state index is -3.69. The Kier molecular flexibility index (Phi) is 7.12. The monoisotopic (exact) mass is 542 g/mol. The molecule has 14 heteroatoms. The zero-order valence-corrected chi connectivity index (χ0v) is 21.2. The number of methoxy groups -OCH3 is 1. The topological polar surface area (TPSA) is 146 Å². The van der Waals surface area contributed by atoms with Gasteiger partial charge in [0.2, 0.25) is 22.7 Å². The number of rotatable bonds is 10. The van der Waals surface area contributed by atoms with E-state index in [9.17, 15) is 13.2 Å². The summed E-state index contributed by atoms with van der Waals surface area (Å²) in [6, 6.07) is 14.8. The molecule has 0 saturated carbocycles. The summed E-state index contributed by atoms with van der Waals surface area (Å²) < 4.78 is 44.9. The van der Waals surface area contributed by atoms with E-state index in [1.165, 1.54) is 31.0 Å². The van der Waals surface area contributed by atoms with E-state index in [-0.39, 0.29) is 36.3 Å². The first-order valence-electron chi connectivity index (χ1n) is 11.1. The third kappa shape index (κ3) is 5.76. The number of nitrogens with zero attached hydrogens (tertiary/aromatic N) is 4. The molecular formula is C23H22N6O6S2. The number of nitrogens with one attached hydrogen (secondary N) is 2. The second-order valence-corrected chi connectivity index (χ2v) is 10.5. The summed E-state index contributed by atoms with van der Waals surface area (Å²) in [4.78, 5) is 12.6. The van der Waals surface area contributed by atoms with Gasteiger partial charge in [-0.05, 0) is 48.5 Å². The van der Waals surface area contributed by atoms with Crippen molar-refractivity contribution in [3.05, 3.63) is 60.4 Å². The number of benzene rings is 2. The number of sulfonamides is 1. The molecule has 5 rings (SSSR count). The van der Waals surface area contributed by atoms with Gasteiger partial charge in [-0.1, -0.05) is 11.8 Å². The molecule has 1 amide bonds. The van der Waals surface area contributed by atoms with Crippen molar-refractivity contribution in [3.63, 3.8) is 0 Å². The predicted molar refractivity (Wildman–Crippen MR) is 135 cm³/mol. The van der Waals surface area contributed by atoms with Crippen LogP contribution in [0.25, 0.3) is 5.65 Å². The molecule has 12 nitrogen and oxygen atoms in total. The van der Waals surface area contributed by atoms with Crippen LogP contribution in [0.5, 0.6) is 17.2 Å². The van der Waals surface area contributed by atoms with Crippen LogP contribution in [0.15, 0.2) is 64.5 Å². The molecule has 37 heavy (non-hydrogen) atoms. The van der Waals surface area contributed by atoms with Crippen molar-refractivity contribution in [2.24, 2.45) is 0 Å². The summed E-state index contributed by atoms with van der Waals surface area (Å²) in [5.74, 6) is 2.21. The van der Waals surface area contributed by atoms with Crippen LogP contribution in [0.1, 0.15) is 5.82 Å². The molecule has 3 heterocycles. The molecule has 0 unspecified atom stereocenters. The third-order valence-corrected chi connectivity index (χ3v) is 7.72. The fourth-order valence-electron chi connectivity index (χ4n) is 3.50. The summed E-state index contributed by atoms with van der Waals surface area (Å²) >= 11 is 1.25. The quantitative estimate of drug-likeness (QED) is 0.286. The highest BCUT2D eigenvalue weighted by Gasteiger charge is 2.16. The Bertz CT molecular complexity index is 1540. The van der Waals surface area contributed by atoms with Crippen molar-refractivity contribution in [2.45, 2.75) is 16.3 Å². The smallest absolute Gasteiger partial charge is 0.240 e. The van der Waals surface area contributed by atoms with Crippen molar-refractivity contribution in [2.75, 3.05) is 31.5 Å². The Balaban J connectivity index is 1.17. The van der Waals surface area contributed by atoms with E-state index in [2.05, 4.69) is 25.3 Å². The van der Waals surface area contributed by atoms with Gasteiger partial charge in [0.25, 0.3) is 0 Å². The molecular weight excluding hydrogens is 520 g/mol. The number of anilines is 1. The molecule has 4 aromatic rings. The fourth-order valence-corrected chi connectivity index (χ4v) is 5.18. The Labute approximate surface area is 216 Å². The highest BCUT2D eigenvalue weighted by atomic mass is 32.2. The minimum Gasteiger partial charge on any atom is -0.497 e. The van der Waals surface area contributed by atoms with Crippen LogP contribution in [0, 0.1) is 0 Å². The fraction of sp³-hybridized carbons (Fsp3) is 0.217. The minimum absolute atomic E-state index is 0.103. The normalized spacial score (nSPS) is 12.6. The molecule has 0 spiro atoms. The van der Waals surface area contributed by atoms with Crippen LogP contribution in [0.4, 0.5) is 5.69 Å². The Morgan fingerprint density at radius 1 is 1.08 bits per heavy atom. The zero-order valence-electron chi connectivity index (χ0n) is 19.6. The van der Waals surface area contributed by atoms with Gasteiger partial charge in [0.1, 0.15) is 10.8 Å². The van der Waals surface area contributed by atoms with Crippen LogP contribution in [-0.2, 0) is 21.2 Å². The number of ether oxygens (including phenoxy) is 3. The van der Waals surface area contributed by atoms with Crippen LogP contribution in [0.2, 0.25) is 0 Å². The summed E-state index contributed by atoms with van der Waals surface area (Å²) in [7, 11) is -2.18. The second kappa shape index (κ2) is 10.6. The van der Waals surface area contributed by atoms with Gasteiger partial charge >= 0.3 is 0 Å². The molecule has 192 valence electrons. The Morgan fingerprint density at radius 2 is 1.89 bits per heavy atom. The van der Waals surface area contributed by atoms with Crippen molar-refractivity contribution < 1.29 is 27.4 Å². The van der Waals surface area contributed by atoms with E-state index in [0.29, 0.717) is 39.4 Å². The van der Waals surface area contributed by atoms with E-state index >= 15 is 0 Å². The first-order chi connectivity index (χ1) is 17.9. The Hall–Kier alpha value is -3.88. The van der Waals surface area contributed by atoms with Gasteiger partial charge < -0.3 is 19.5 Å². The average Bonchev–Trinajstić information content (AvgIpc) is 3.54. The lowest BCUT2D eigenvalue weighted by molar-refractivity contribution is -0.113. The number of fused-ring (bicyclic) bond motifs is 2. The highest BCUT2D eigenvalue weighted by Crippen LogP contribution is 2.34. The lowest BCUT2D eigenvalue weighted by Crippen LogP contribution is -2.26. The molecule has 0 saturated heterocycles. The average molecular weight is 543 g/mol. The zero-order chi connectivity index (χ0) is 25.8. The lowest BCUT2D eigenvalue weighted by atomic mass is 10.3. The molecule has 2 aromatic heterocycles.